The molecule has 144 valence electrons. The molecule has 0 radical (unpaired) electrons. The largest absolute Gasteiger partial charge is 0.350 e. The second-order valence-electron chi connectivity index (χ2n) is 5.82. The van der Waals surface area contributed by atoms with E-state index in [4.69, 9.17) is 11.6 Å². The molecule has 0 aliphatic carbocycles. The molecular formula is C17H18ClN3O5S. The van der Waals surface area contributed by atoms with Gasteiger partial charge in [0.2, 0.25) is 15.9 Å². The van der Waals surface area contributed by atoms with Crippen LogP contribution in [0.1, 0.15) is 12.5 Å². The van der Waals surface area contributed by atoms with Crippen molar-refractivity contribution in [3.8, 4) is 0 Å². The predicted octanol–water partition coefficient (Wildman–Crippen LogP) is 2.72. The van der Waals surface area contributed by atoms with Crippen LogP contribution in [0.3, 0.4) is 0 Å². The number of carbonyl (C=O) groups is 1. The fraction of sp³-hybridized carbons (Fsp3) is 0.235. The lowest BCUT2D eigenvalue weighted by Gasteiger charge is -2.28. The number of hydrogen-bond donors (Lipinski definition) is 1. The van der Waals surface area contributed by atoms with E-state index in [0.717, 1.165) is 16.6 Å². The summed E-state index contributed by atoms with van der Waals surface area (Å²) in [6.07, 6.45) is 0.934. The lowest BCUT2D eigenvalue weighted by Crippen LogP contribution is -2.47. The topological polar surface area (TPSA) is 110 Å². The molecule has 2 rings (SSSR count). The maximum absolute atomic E-state index is 12.5. The number of non-ortho nitro benzene ring substituents is 1. The molecule has 2 aromatic carbocycles. The molecule has 0 spiro atoms. The fourth-order valence-corrected chi connectivity index (χ4v) is 3.89. The second kappa shape index (κ2) is 8.36. The number of sulfonamides is 1. The molecule has 1 atom stereocenters. The smallest absolute Gasteiger partial charge is 0.271 e. The van der Waals surface area contributed by atoms with Gasteiger partial charge in [-0.25, -0.2) is 8.42 Å². The lowest BCUT2D eigenvalue weighted by atomic mass is 10.2. The Balaban J connectivity index is 2.26. The molecule has 0 saturated heterocycles. The number of rotatable bonds is 7. The Kier molecular flexibility index (Phi) is 6.40. The van der Waals surface area contributed by atoms with Crippen molar-refractivity contribution in [2.24, 2.45) is 0 Å². The highest BCUT2D eigenvalue weighted by Crippen LogP contribution is 2.25. The van der Waals surface area contributed by atoms with Crippen LogP contribution < -0.4 is 9.62 Å². The summed E-state index contributed by atoms with van der Waals surface area (Å²) in [4.78, 5) is 22.8. The van der Waals surface area contributed by atoms with Gasteiger partial charge in [-0.2, -0.15) is 0 Å². The van der Waals surface area contributed by atoms with Gasteiger partial charge in [0.05, 0.1) is 16.9 Å². The average molecular weight is 412 g/mol. The van der Waals surface area contributed by atoms with Crippen molar-refractivity contribution in [1.82, 2.24) is 5.32 Å². The van der Waals surface area contributed by atoms with Crippen molar-refractivity contribution in [3.05, 3.63) is 69.2 Å². The van der Waals surface area contributed by atoms with E-state index in [2.05, 4.69) is 5.32 Å². The number of nitrogens with one attached hydrogen (secondary N) is 1. The highest BCUT2D eigenvalue weighted by Gasteiger charge is 2.30. The summed E-state index contributed by atoms with van der Waals surface area (Å²) in [6, 6.07) is 10.9. The Hall–Kier alpha value is -2.65. The van der Waals surface area contributed by atoms with Crippen LogP contribution in [0.4, 0.5) is 11.4 Å². The zero-order chi connectivity index (χ0) is 20.2. The number of anilines is 1. The molecule has 0 aliphatic heterocycles. The van der Waals surface area contributed by atoms with Crippen molar-refractivity contribution in [1.29, 1.82) is 0 Å². The van der Waals surface area contributed by atoms with Gasteiger partial charge in [-0.15, -0.1) is 0 Å². The molecule has 2 aromatic rings. The van der Waals surface area contributed by atoms with Gasteiger partial charge in [0.15, 0.2) is 0 Å². The third-order valence-electron chi connectivity index (χ3n) is 3.79. The molecular weight excluding hydrogens is 394 g/mol. The minimum atomic E-state index is -3.87. The van der Waals surface area contributed by atoms with E-state index in [-0.39, 0.29) is 17.9 Å². The van der Waals surface area contributed by atoms with Crippen molar-refractivity contribution >= 4 is 38.9 Å². The SMILES string of the molecule is C[C@H](C(=O)NCc1ccccc1Cl)N(c1cccc([N+](=O)[O-])c1)S(C)(=O)=O. The number of benzene rings is 2. The van der Waals surface area contributed by atoms with Gasteiger partial charge < -0.3 is 5.32 Å². The Bertz CT molecular complexity index is 965. The molecule has 27 heavy (non-hydrogen) atoms. The van der Waals surface area contributed by atoms with E-state index < -0.39 is 26.9 Å². The van der Waals surface area contributed by atoms with Crippen molar-refractivity contribution < 1.29 is 18.1 Å². The Morgan fingerprint density at radius 3 is 2.52 bits per heavy atom. The van der Waals surface area contributed by atoms with E-state index in [9.17, 15) is 23.3 Å². The van der Waals surface area contributed by atoms with Crippen LogP contribution in [0, 0.1) is 10.1 Å². The van der Waals surface area contributed by atoms with Crippen molar-refractivity contribution in [3.63, 3.8) is 0 Å². The Labute approximate surface area is 162 Å². The van der Waals surface area contributed by atoms with Gasteiger partial charge in [0.1, 0.15) is 6.04 Å². The summed E-state index contributed by atoms with van der Waals surface area (Å²) in [5, 5.41) is 14.1. The van der Waals surface area contributed by atoms with Gasteiger partial charge in [0, 0.05) is 23.7 Å². The van der Waals surface area contributed by atoms with E-state index in [0.29, 0.717) is 10.6 Å². The molecule has 0 unspecified atom stereocenters. The number of hydrogen-bond acceptors (Lipinski definition) is 5. The summed E-state index contributed by atoms with van der Waals surface area (Å²) in [5.41, 5.74) is 0.442. The molecule has 10 heteroatoms. The van der Waals surface area contributed by atoms with Gasteiger partial charge >= 0.3 is 0 Å². The zero-order valence-corrected chi connectivity index (χ0v) is 16.2. The molecule has 8 nitrogen and oxygen atoms in total. The first-order valence-electron chi connectivity index (χ1n) is 7.86. The minimum Gasteiger partial charge on any atom is -0.350 e. The number of nitro benzene ring substituents is 1. The minimum absolute atomic E-state index is 0.0343. The first-order chi connectivity index (χ1) is 12.6. The van der Waals surface area contributed by atoms with Crippen LogP contribution in [0.15, 0.2) is 48.5 Å². The van der Waals surface area contributed by atoms with Crippen LogP contribution in [0.25, 0.3) is 0 Å². The van der Waals surface area contributed by atoms with E-state index in [1.54, 1.807) is 24.3 Å². The third kappa shape index (κ3) is 5.18. The standard InChI is InChI=1S/C17H18ClN3O5S/c1-12(17(22)19-11-13-6-3-4-9-16(13)18)20(27(2,25)26)14-7-5-8-15(10-14)21(23)24/h3-10,12H,11H2,1-2H3,(H,19,22)/t12-/m1/s1. The summed E-state index contributed by atoms with van der Waals surface area (Å²) in [7, 11) is -3.87. The lowest BCUT2D eigenvalue weighted by molar-refractivity contribution is -0.384. The van der Waals surface area contributed by atoms with Crippen LogP contribution >= 0.6 is 11.6 Å². The van der Waals surface area contributed by atoms with Crippen LogP contribution in [0.2, 0.25) is 5.02 Å². The number of nitro groups is 1. The van der Waals surface area contributed by atoms with Gasteiger partial charge in [-0.1, -0.05) is 35.9 Å². The van der Waals surface area contributed by atoms with Crippen molar-refractivity contribution in [2.45, 2.75) is 19.5 Å². The molecule has 0 aliphatic rings. The van der Waals surface area contributed by atoms with Gasteiger partial charge in [-0.3, -0.25) is 19.2 Å². The molecule has 1 N–H and O–H groups in total. The van der Waals surface area contributed by atoms with Crippen molar-refractivity contribution in [2.75, 3.05) is 10.6 Å². The number of amides is 1. The van der Waals surface area contributed by atoms with Gasteiger partial charge in [-0.05, 0) is 24.6 Å². The molecule has 0 bridgehead atoms. The predicted molar refractivity (Wildman–Crippen MR) is 103 cm³/mol. The maximum atomic E-state index is 12.5. The maximum Gasteiger partial charge on any atom is 0.271 e. The second-order valence-corrected chi connectivity index (χ2v) is 8.09. The molecule has 0 saturated carbocycles. The Morgan fingerprint density at radius 1 is 1.26 bits per heavy atom. The fourth-order valence-electron chi connectivity index (χ4n) is 2.52. The third-order valence-corrected chi connectivity index (χ3v) is 5.40. The number of carbonyl (C=O) groups excluding carboxylic acids is 1. The van der Waals surface area contributed by atoms with E-state index in [1.165, 1.54) is 25.1 Å². The van der Waals surface area contributed by atoms with Crippen LogP contribution in [-0.2, 0) is 21.4 Å². The molecule has 0 fully saturated rings. The first kappa shape index (κ1) is 20.7. The monoisotopic (exact) mass is 411 g/mol. The average Bonchev–Trinajstić information content (AvgIpc) is 2.60. The first-order valence-corrected chi connectivity index (χ1v) is 10.1. The zero-order valence-electron chi connectivity index (χ0n) is 14.6. The Morgan fingerprint density at radius 2 is 1.93 bits per heavy atom. The summed E-state index contributed by atoms with van der Waals surface area (Å²) >= 11 is 6.04. The summed E-state index contributed by atoms with van der Waals surface area (Å²) < 4.78 is 25.3. The molecule has 0 aromatic heterocycles. The summed E-state index contributed by atoms with van der Waals surface area (Å²) in [5.74, 6) is -0.563. The molecule has 0 heterocycles. The van der Waals surface area contributed by atoms with Gasteiger partial charge in [0.25, 0.3) is 5.69 Å². The van der Waals surface area contributed by atoms with E-state index in [1.807, 2.05) is 0 Å². The van der Waals surface area contributed by atoms with Crippen LogP contribution in [-0.4, -0.2) is 31.5 Å². The highest BCUT2D eigenvalue weighted by atomic mass is 35.5. The summed E-state index contributed by atoms with van der Waals surface area (Å²) in [6.45, 7) is 1.53. The number of nitrogens with zero attached hydrogens (tertiary/aromatic N) is 2. The highest BCUT2D eigenvalue weighted by molar-refractivity contribution is 7.92. The quantitative estimate of drug-likeness (QED) is 0.556. The number of halogens is 1. The molecule has 1 amide bonds. The van der Waals surface area contributed by atoms with E-state index >= 15 is 0 Å². The normalized spacial score (nSPS) is 12.3. The van der Waals surface area contributed by atoms with Crippen LogP contribution in [0.5, 0.6) is 0 Å².